The smallest absolute Gasteiger partial charge is 0.435 e. The fourth-order valence-electron chi connectivity index (χ4n) is 3.93. The number of carbonyl (C=O) groups is 1. The summed E-state index contributed by atoms with van der Waals surface area (Å²) in [6.45, 7) is 7.56. The number of ether oxygens (including phenoxy) is 4. The van der Waals surface area contributed by atoms with E-state index in [0.29, 0.717) is 26.1 Å². The first kappa shape index (κ1) is 16.0. The molecule has 0 aromatic heterocycles. The average molecular weight is 314 g/mol. The Balaban J connectivity index is 1.65. The molecule has 1 aliphatic heterocycles. The summed E-state index contributed by atoms with van der Waals surface area (Å²) in [5.74, 6) is -0.238. The van der Waals surface area contributed by atoms with E-state index in [1.165, 1.54) is 0 Å². The SMILES string of the molecule is CCOC(=O)O[C@@H]1[C@@H]2CC3(C[C@@H]2C[C@H]1O)OCC(C)(C)CO3. The predicted octanol–water partition coefficient (Wildman–Crippen LogP) is 2.09. The third-order valence-corrected chi connectivity index (χ3v) is 5.02. The molecule has 6 heteroatoms. The first-order valence-electron chi connectivity index (χ1n) is 8.13. The molecule has 3 rings (SSSR count). The lowest BCUT2D eigenvalue weighted by Gasteiger charge is -2.42. The Morgan fingerprint density at radius 1 is 1.27 bits per heavy atom. The fraction of sp³-hybridized carbons (Fsp3) is 0.938. The van der Waals surface area contributed by atoms with Gasteiger partial charge in [0.2, 0.25) is 0 Å². The fourth-order valence-corrected chi connectivity index (χ4v) is 3.93. The molecule has 1 heterocycles. The van der Waals surface area contributed by atoms with Gasteiger partial charge in [0.05, 0.1) is 25.9 Å². The van der Waals surface area contributed by atoms with E-state index < -0.39 is 24.2 Å². The van der Waals surface area contributed by atoms with Crippen LogP contribution in [0.1, 0.15) is 40.0 Å². The second-order valence-electron chi connectivity index (χ2n) is 7.55. The topological polar surface area (TPSA) is 74.2 Å². The van der Waals surface area contributed by atoms with Crippen molar-refractivity contribution in [3.05, 3.63) is 0 Å². The molecule has 2 aliphatic carbocycles. The van der Waals surface area contributed by atoms with Crippen molar-refractivity contribution >= 4 is 6.16 Å². The predicted molar refractivity (Wildman–Crippen MR) is 77.1 cm³/mol. The van der Waals surface area contributed by atoms with E-state index in [4.69, 9.17) is 18.9 Å². The largest absolute Gasteiger partial charge is 0.508 e. The second-order valence-corrected chi connectivity index (χ2v) is 7.55. The molecule has 1 saturated heterocycles. The van der Waals surface area contributed by atoms with Crippen LogP contribution >= 0.6 is 0 Å². The standard InChI is InChI=1S/C16H26O6/c1-4-19-14(18)22-13-11-7-16(6-10(11)5-12(13)17)20-8-15(2,3)9-21-16/h10-13,17H,4-9H2,1-3H3/t10-,11+,12+,13+/m0/s1. The monoisotopic (exact) mass is 314 g/mol. The highest BCUT2D eigenvalue weighted by atomic mass is 16.7. The van der Waals surface area contributed by atoms with Gasteiger partial charge in [0.1, 0.15) is 6.10 Å². The molecule has 4 atom stereocenters. The highest BCUT2D eigenvalue weighted by Gasteiger charge is 2.58. The normalized spacial score (nSPS) is 38.7. The first-order valence-corrected chi connectivity index (χ1v) is 8.13. The molecule has 0 radical (unpaired) electrons. The quantitative estimate of drug-likeness (QED) is 0.787. The Labute approximate surface area is 131 Å². The van der Waals surface area contributed by atoms with Gasteiger partial charge in [0.15, 0.2) is 5.79 Å². The minimum absolute atomic E-state index is 0.0310. The number of rotatable bonds is 2. The van der Waals surface area contributed by atoms with Crippen molar-refractivity contribution in [2.24, 2.45) is 17.3 Å². The Hall–Kier alpha value is -0.850. The number of aliphatic hydroxyl groups excluding tert-OH is 1. The summed E-state index contributed by atoms with van der Waals surface area (Å²) in [4.78, 5) is 11.6. The third kappa shape index (κ3) is 2.96. The molecule has 3 aliphatic rings. The summed E-state index contributed by atoms with van der Waals surface area (Å²) in [6.07, 6.45) is 0.178. The van der Waals surface area contributed by atoms with Gasteiger partial charge >= 0.3 is 6.16 Å². The summed E-state index contributed by atoms with van der Waals surface area (Å²) >= 11 is 0. The first-order chi connectivity index (χ1) is 10.3. The lowest BCUT2D eigenvalue weighted by Crippen LogP contribution is -2.47. The molecule has 0 bridgehead atoms. The highest BCUT2D eigenvalue weighted by Crippen LogP contribution is 2.53. The summed E-state index contributed by atoms with van der Waals surface area (Å²) in [6, 6.07) is 0. The zero-order chi connectivity index (χ0) is 16.0. The van der Waals surface area contributed by atoms with Crippen LogP contribution in [0.25, 0.3) is 0 Å². The van der Waals surface area contributed by atoms with Gasteiger partial charge in [-0.15, -0.1) is 0 Å². The van der Waals surface area contributed by atoms with E-state index >= 15 is 0 Å². The molecule has 0 amide bonds. The Morgan fingerprint density at radius 2 is 1.95 bits per heavy atom. The third-order valence-electron chi connectivity index (χ3n) is 5.02. The molecule has 0 unspecified atom stereocenters. The minimum Gasteiger partial charge on any atom is -0.435 e. The maximum atomic E-state index is 11.6. The van der Waals surface area contributed by atoms with Crippen LogP contribution < -0.4 is 0 Å². The number of carbonyl (C=O) groups excluding carboxylic acids is 1. The van der Waals surface area contributed by atoms with Crippen LogP contribution in [0.4, 0.5) is 4.79 Å². The zero-order valence-electron chi connectivity index (χ0n) is 13.5. The molecule has 22 heavy (non-hydrogen) atoms. The summed E-state index contributed by atoms with van der Waals surface area (Å²) < 4.78 is 22.2. The number of aliphatic hydroxyl groups is 1. The van der Waals surface area contributed by atoms with E-state index in [0.717, 1.165) is 6.42 Å². The van der Waals surface area contributed by atoms with Crippen molar-refractivity contribution in [3.63, 3.8) is 0 Å². The lowest BCUT2D eigenvalue weighted by molar-refractivity contribution is -0.298. The van der Waals surface area contributed by atoms with E-state index in [1.54, 1.807) is 6.92 Å². The van der Waals surface area contributed by atoms with Gasteiger partial charge in [-0.3, -0.25) is 0 Å². The number of hydrogen-bond donors (Lipinski definition) is 1. The Morgan fingerprint density at radius 3 is 2.59 bits per heavy atom. The van der Waals surface area contributed by atoms with Gasteiger partial charge in [0.25, 0.3) is 0 Å². The van der Waals surface area contributed by atoms with Gasteiger partial charge in [-0.05, 0) is 19.3 Å². The maximum Gasteiger partial charge on any atom is 0.508 e. The van der Waals surface area contributed by atoms with E-state index in [1.807, 2.05) is 0 Å². The molecular weight excluding hydrogens is 288 g/mol. The average Bonchev–Trinajstić information content (AvgIpc) is 2.91. The van der Waals surface area contributed by atoms with Crippen molar-refractivity contribution in [2.75, 3.05) is 19.8 Å². The van der Waals surface area contributed by atoms with Crippen LogP contribution in [0.15, 0.2) is 0 Å². The van der Waals surface area contributed by atoms with Crippen molar-refractivity contribution in [1.82, 2.24) is 0 Å². The minimum atomic E-state index is -0.709. The van der Waals surface area contributed by atoms with Crippen molar-refractivity contribution in [2.45, 2.75) is 58.0 Å². The molecule has 126 valence electrons. The zero-order valence-corrected chi connectivity index (χ0v) is 13.5. The van der Waals surface area contributed by atoms with Crippen molar-refractivity contribution < 1.29 is 28.8 Å². The molecule has 0 aromatic carbocycles. The van der Waals surface area contributed by atoms with Gasteiger partial charge in [-0.2, -0.15) is 0 Å². The van der Waals surface area contributed by atoms with Crippen molar-refractivity contribution in [3.8, 4) is 0 Å². The lowest BCUT2D eigenvalue weighted by atomic mass is 9.94. The summed E-state index contributed by atoms with van der Waals surface area (Å²) in [5, 5.41) is 10.2. The van der Waals surface area contributed by atoms with Gasteiger partial charge < -0.3 is 24.1 Å². The Kier molecular flexibility index (Phi) is 4.12. The molecule has 0 aromatic rings. The van der Waals surface area contributed by atoms with E-state index in [9.17, 15) is 9.90 Å². The number of fused-ring (bicyclic) bond motifs is 1. The van der Waals surface area contributed by atoms with Gasteiger partial charge in [-0.25, -0.2) is 4.79 Å². The maximum absolute atomic E-state index is 11.6. The van der Waals surface area contributed by atoms with Crippen molar-refractivity contribution in [1.29, 1.82) is 0 Å². The van der Waals surface area contributed by atoms with E-state index in [-0.39, 0.29) is 23.9 Å². The summed E-state index contributed by atoms with van der Waals surface area (Å²) in [7, 11) is 0. The summed E-state index contributed by atoms with van der Waals surface area (Å²) in [5.41, 5.74) is 0.0310. The number of hydrogen-bond acceptors (Lipinski definition) is 6. The van der Waals surface area contributed by atoms with Gasteiger partial charge in [-0.1, -0.05) is 13.8 Å². The van der Waals surface area contributed by atoms with Crippen LogP contribution in [0, 0.1) is 17.3 Å². The van der Waals surface area contributed by atoms with Crippen LogP contribution in [-0.2, 0) is 18.9 Å². The Bertz CT molecular complexity index is 424. The van der Waals surface area contributed by atoms with Gasteiger partial charge in [0, 0.05) is 24.2 Å². The van der Waals surface area contributed by atoms with Crippen LogP contribution in [0.3, 0.4) is 0 Å². The second kappa shape index (κ2) is 5.65. The molecule has 2 saturated carbocycles. The van der Waals surface area contributed by atoms with E-state index in [2.05, 4.69) is 13.8 Å². The van der Waals surface area contributed by atoms with Crippen LogP contribution in [0.5, 0.6) is 0 Å². The molecule has 6 nitrogen and oxygen atoms in total. The molecule has 3 fully saturated rings. The van der Waals surface area contributed by atoms with Crippen LogP contribution in [-0.4, -0.2) is 49.1 Å². The molecular formula is C16H26O6. The molecule has 1 spiro atoms. The van der Waals surface area contributed by atoms with Crippen LogP contribution in [0.2, 0.25) is 0 Å². The molecule has 1 N–H and O–H groups in total. The highest BCUT2D eigenvalue weighted by molar-refractivity contribution is 5.60.